The van der Waals surface area contributed by atoms with Crippen molar-refractivity contribution in [2.75, 3.05) is 13.2 Å². The van der Waals surface area contributed by atoms with Gasteiger partial charge in [0.1, 0.15) is 0 Å². The average molecular weight is 905 g/mol. The van der Waals surface area contributed by atoms with Crippen molar-refractivity contribution in [1.82, 2.24) is 5.32 Å². The molecule has 0 aromatic heterocycles. The van der Waals surface area contributed by atoms with E-state index in [1.54, 1.807) is 6.08 Å². The van der Waals surface area contributed by atoms with Crippen LogP contribution in [0.25, 0.3) is 0 Å². The van der Waals surface area contributed by atoms with E-state index in [0.717, 1.165) is 38.5 Å². The second-order valence-corrected chi connectivity index (χ2v) is 20.0. The summed E-state index contributed by atoms with van der Waals surface area (Å²) < 4.78 is 5.48. The maximum Gasteiger partial charge on any atom is 0.305 e. The lowest BCUT2D eigenvalue weighted by atomic mass is 10.0. The molecule has 0 rings (SSSR count). The number of carbonyl (C=O) groups excluding carboxylic acids is 2. The van der Waals surface area contributed by atoms with Gasteiger partial charge in [-0.25, -0.2) is 0 Å². The zero-order valence-electron chi connectivity index (χ0n) is 43.3. The van der Waals surface area contributed by atoms with Crippen LogP contribution in [0.4, 0.5) is 0 Å². The van der Waals surface area contributed by atoms with Gasteiger partial charge >= 0.3 is 5.97 Å². The van der Waals surface area contributed by atoms with E-state index in [2.05, 4.69) is 19.2 Å². The molecule has 3 N–H and O–H groups in total. The van der Waals surface area contributed by atoms with E-state index in [-0.39, 0.29) is 18.5 Å². The summed E-state index contributed by atoms with van der Waals surface area (Å²) in [4.78, 5) is 24.5. The molecule has 0 aliphatic heterocycles. The van der Waals surface area contributed by atoms with Gasteiger partial charge in [-0.1, -0.05) is 289 Å². The molecule has 0 aliphatic rings. The smallest absolute Gasteiger partial charge is 0.305 e. The lowest BCUT2D eigenvalue weighted by Gasteiger charge is -2.20. The molecule has 0 saturated heterocycles. The maximum absolute atomic E-state index is 12.4. The molecule has 0 aromatic rings. The van der Waals surface area contributed by atoms with Crippen molar-refractivity contribution >= 4 is 11.9 Å². The highest BCUT2D eigenvalue weighted by Gasteiger charge is 2.18. The summed E-state index contributed by atoms with van der Waals surface area (Å²) in [6.07, 6.45) is 63.8. The highest BCUT2D eigenvalue weighted by atomic mass is 16.5. The molecule has 6 heteroatoms. The molecule has 2 unspecified atom stereocenters. The minimum absolute atomic E-state index is 0.0139. The van der Waals surface area contributed by atoms with Crippen molar-refractivity contribution < 1.29 is 24.5 Å². The van der Waals surface area contributed by atoms with Gasteiger partial charge in [0.2, 0.25) is 5.91 Å². The predicted molar refractivity (Wildman–Crippen MR) is 278 cm³/mol. The van der Waals surface area contributed by atoms with Crippen molar-refractivity contribution in [3.63, 3.8) is 0 Å². The molecule has 0 aromatic carbocycles. The third-order valence-corrected chi connectivity index (χ3v) is 13.6. The van der Waals surface area contributed by atoms with Crippen LogP contribution in [0.15, 0.2) is 12.2 Å². The first-order chi connectivity index (χ1) is 31.5. The quantitative estimate of drug-likeness (QED) is 0.0321. The number of carbonyl (C=O) groups is 2. The summed E-state index contributed by atoms with van der Waals surface area (Å²) in [6, 6.07) is -0.626. The third kappa shape index (κ3) is 50.0. The molecule has 0 spiro atoms. The average Bonchev–Trinajstić information content (AvgIpc) is 3.29. The van der Waals surface area contributed by atoms with Gasteiger partial charge in [-0.15, -0.1) is 0 Å². The lowest BCUT2D eigenvalue weighted by Crippen LogP contribution is -2.45. The van der Waals surface area contributed by atoms with E-state index in [0.29, 0.717) is 19.4 Å². The van der Waals surface area contributed by atoms with Gasteiger partial charge in [0.25, 0.3) is 0 Å². The first-order valence-electron chi connectivity index (χ1n) is 29.0. The van der Waals surface area contributed by atoms with Gasteiger partial charge in [0.05, 0.1) is 25.4 Å². The van der Waals surface area contributed by atoms with Crippen molar-refractivity contribution in [2.45, 2.75) is 334 Å². The molecule has 1 amide bonds. The van der Waals surface area contributed by atoms with Crippen LogP contribution in [0.5, 0.6) is 0 Å². The number of amides is 1. The minimum Gasteiger partial charge on any atom is -0.466 e. The van der Waals surface area contributed by atoms with Crippen LogP contribution in [-0.4, -0.2) is 47.4 Å². The molecule has 0 aliphatic carbocycles. The molecular formula is C58H113NO5. The van der Waals surface area contributed by atoms with Gasteiger partial charge in [0.15, 0.2) is 0 Å². The molecular weight excluding hydrogens is 791 g/mol. The van der Waals surface area contributed by atoms with Gasteiger partial charge in [0, 0.05) is 12.8 Å². The number of ether oxygens (including phenoxy) is 1. The normalized spacial score (nSPS) is 12.6. The Kier molecular flexibility index (Phi) is 53.0. The summed E-state index contributed by atoms with van der Waals surface area (Å²) in [5.41, 5.74) is 0. The van der Waals surface area contributed by atoms with Crippen LogP contribution in [0, 0.1) is 0 Å². The summed E-state index contributed by atoms with van der Waals surface area (Å²) in [6.45, 7) is 4.91. The molecule has 0 saturated carbocycles. The Hall–Kier alpha value is -1.40. The molecule has 0 bridgehead atoms. The number of hydrogen-bond acceptors (Lipinski definition) is 5. The Morgan fingerprint density at radius 3 is 1.06 bits per heavy atom. The fraction of sp³-hybridized carbons (Fsp3) is 0.931. The maximum atomic E-state index is 12.4. The highest BCUT2D eigenvalue weighted by molar-refractivity contribution is 5.76. The van der Waals surface area contributed by atoms with Crippen LogP contribution >= 0.6 is 0 Å². The Labute approximate surface area is 399 Å². The van der Waals surface area contributed by atoms with Crippen LogP contribution < -0.4 is 5.32 Å². The topological polar surface area (TPSA) is 95.9 Å². The second-order valence-electron chi connectivity index (χ2n) is 20.0. The van der Waals surface area contributed by atoms with E-state index in [1.807, 2.05) is 6.08 Å². The van der Waals surface area contributed by atoms with Crippen molar-refractivity contribution in [2.24, 2.45) is 0 Å². The molecule has 0 fully saturated rings. The van der Waals surface area contributed by atoms with E-state index in [4.69, 9.17) is 4.74 Å². The number of unbranched alkanes of at least 4 members (excludes halogenated alkanes) is 43. The van der Waals surface area contributed by atoms with Gasteiger partial charge in [-0.05, 0) is 32.1 Å². The van der Waals surface area contributed by atoms with Gasteiger partial charge in [-0.2, -0.15) is 0 Å². The Morgan fingerprint density at radius 2 is 0.719 bits per heavy atom. The summed E-state index contributed by atoms with van der Waals surface area (Å²) in [5, 5.41) is 23.0. The fourth-order valence-corrected chi connectivity index (χ4v) is 9.11. The number of allylic oxidation sites excluding steroid dienone is 1. The second kappa shape index (κ2) is 54.2. The Bertz CT molecular complexity index is 955. The number of aliphatic hydroxyl groups excluding tert-OH is 2. The number of hydrogen-bond donors (Lipinski definition) is 3. The van der Waals surface area contributed by atoms with E-state index < -0.39 is 12.1 Å². The molecule has 2 atom stereocenters. The van der Waals surface area contributed by atoms with Gasteiger partial charge < -0.3 is 20.3 Å². The summed E-state index contributed by atoms with van der Waals surface area (Å²) in [7, 11) is 0. The van der Waals surface area contributed by atoms with Crippen molar-refractivity contribution in [3.05, 3.63) is 12.2 Å². The monoisotopic (exact) mass is 904 g/mol. The summed E-state index contributed by atoms with van der Waals surface area (Å²) >= 11 is 0. The van der Waals surface area contributed by atoms with Crippen LogP contribution in [0.3, 0.4) is 0 Å². The molecule has 64 heavy (non-hydrogen) atoms. The van der Waals surface area contributed by atoms with Gasteiger partial charge in [-0.3, -0.25) is 9.59 Å². The minimum atomic E-state index is -0.843. The fourth-order valence-electron chi connectivity index (χ4n) is 9.11. The predicted octanol–water partition coefficient (Wildman–Crippen LogP) is 17.7. The highest BCUT2D eigenvalue weighted by Crippen LogP contribution is 2.17. The lowest BCUT2D eigenvalue weighted by molar-refractivity contribution is -0.143. The molecule has 0 radical (unpaired) electrons. The van der Waals surface area contributed by atoms with E-state index in [9.17, 15) is 19.8 Å². The van der Waals surface area contributed by atoms with Crippen molar-refractivity contribution in [3.8, 4) is 0 Å². The number of nitrogens with one attached hydrogen (secondary N) is 1. The standard InChI is InChI=1S/C58H113NO5/c1-3-5-7-9-11-13-15-17-28-32-36-40-44-48-52-58(63)64-53-49-45-41-37-33-29-26-24-22-20-18-19-21-23-25-27-31-35-39-43-47-51-57(62)59-55(54-60)56(61)50-46-42-38-34-30-16-14-12-10-8-6-4-2/h46,50,55-56,60-61H,3-45,47-49,51-54H2,1-2H3,(H,59,62)/b50-46+. The van der Waals surface area contributed by atoms with E-state index >= 15 is 0 Å². The third-order valence-electron chi connectivity index (χ3n) is 13.6. The SMILES string of the molecule is CCCCCCCCCCCC/C=C/C(O)C(CO)NC(=O)CCCCCCCCCCCCCCCCCCCCCCCOC(=O)CCCCCCCCCCCCCCCC. The zero-order chi connectivity index (χ0) is 46.5. The molecule has 380 valence electrons. The van der Waals surface area contributed by atoms with Crippen LogP contribution in [0.2, 0.25) is 0 Å². The number of aliphatic hydroxyl groups is 2. The largest absolute Gasteiger partial charge is 0.466 e. The number of esters is 1. The van der Waals surface area contributed by atoms with Crippen LogP contribution in [0.1, 0.15) is 322 Å². The summed E-state index contributed by atoms with van der Waals surface area (Å²) in [5.74, 6) is -0.0545. The molecule has 0 heterocycles. The van der Waals surface area contributed by atoms with E-state index in [1.165, 1.54) is 257 Å². The first-order valence-corrected chi connectivity index (χ1v) is 29.0. The Morgan fingerprint density at radius 1 is 0.422 bits per heavy atom. The zero-order valence-corrected chi connectivity index (χ0v) is 43.3. The molecule has 6 nitrogen and oxygen atoms in total. The van der Waals surface area contributed by atoms with Crippen LogP contribution in [-0.2, 0) is 14.3 Å². The number of rotatable bonds is 54. The Balaban J connectivity index is 3.38. The van der Waals surface area contributed by atoms with Crippen molar-refractivity contribution in [1.29, 1.82) is 0 Å². The first kappa shape index (κ1) is 62.6.